The van der Waals surface area contributed by atoms with E-state index in [1.807, 2.05) is 30.3 Å². The van der Waals surface area contributed by atoms with Gasteiger partial charge in [0.05, 0.1) is 16.3 Å². The third-order valence-corrected chi connectivity index (χ3v) is 4.63. The quantitative estimate of drug-likeness (QED) is 0.557. The number of aryl methyl sites for hydroxylation is 1. The van der Waals surface area contributed by atoms with E-state index in [9.17, 15) is 8.42 Å². The van der Waals surface area contributed by atoms with E-state index < -0.39 is 10.0 Å². The Bertz CT molecular complexity index is 922. The zero-order valence-corrected chi connectivity index (χ0v) is 16.3. The van der Waals surface area contributed by atoms with Crippen LogP contribution in [0.1, 0.15) is 5.69 Å². The smallest absolute Gasteiger partial charge is 0.263 e. The van der Waals surface area contributed by atoms with Crippen LogP contribution in [0.5, 0.6) is 0 Å². The van der Waals surface area contributed by atoms with Gasteiger partial charge in [0.2, 0.25) is 0 Å². The number of para-hydroxylation sites is 1. The van der Waals surface area contributed by atoms with Crippen LogP contribution in [-0.2, 0) is 10.0 Å². The first-order valence-electron chi connectivity index (χ1n) is 6.96. The Morgan fingerprint density at radius 2 is 1.67 bits per heavy atom. The predicted molar refractivity (Wildman–Crippen MR) is 95.7 cm³/mol. The van der Waals surface area contributed by atoms with Crippen molar-refractivity contribution in [2.45, 2.75) is 11.8 Å². The van der Waals surface area contributed by atoms with E-state index in [-0.39, 0.29) is 34.5 Å². The van der Waals surface area contributed by atoms with Crippen molar-refractivity contribution < 1.29 is 8.42 Å². The Morgan fingerprint density at radius 3 is 2.29 bits per heavy atom. The first-order valence-corrected chi connectivity index (χ1v) is 8.44. The summed E-state index contributed by atoms with van der Waals surface area (Å²) in [5.41, 5.74) is 7.59. The summed E-state index contributed by atoms with van der Waals surface area (Å²) < 4.78 is 29.2. The molecule has 0 amide bonds. The Labute approximate surface area is 163 Å². The summed E-state index contributed by atoms with van der Waals surface area (Å²) in [5, 5.41) is 4.34. The molecule has 6 nitrogen and oxygen atoms in total. The molecule has 0 saturated carbocycles. The Hall–Kier alpha value is -1.80. The number of hydrogen-bond acceptors (Lipinski definition) is 4. The minimum atomic E-state index is -3.71. The molecule has 1 heterocycles. The van der Waals surface area contributed by atoms with Gasteiger partial charge >= 0.3 is 0 Å². The summed E-state index contributed by atoms with van der Waals surface area (Å²) >= 11 is 0. The van der Waals surface area contributed by atoms with E-state index >= 15 is 0 Å². The fraction of sp³-hybridized carbons (Fsp3) is 0.0625. The summed E-state index contributed by atoms with van der Waals surface area (Å²) in [6.07, 6.45) is 0. The van der Waals surface area contributed by atoms with Gasteiger partial charge in [-0.25, -0.2) is 13.1 Å². The van der Waals surface area contributed by atoms with Gasteiger partial charge in [0.25, 0.3) is 10.0 Å². The fourth-order valence-electron chi connectivity index (χ4n) is 2.18. The van der Waals surface area contributed by atoms with Gasteiger partial charge in [-0.15, -0.1) is 0 Å². The van der Waals surface area contributed by atoms with E-state index in [0.29, 0.717) is 17.2 Å². The Balaban J connectivity index is 0.00000208. The minimum absolute atomic E-state index is 0. The first kappa shape index (κ1) is 18.5. The molecule has 0 aliphatic rings. The molecule has 8 heteroatoms. The van der Waals surface area contributed by atoms with Crippen LogP contribution in [0.4, 0.5) is 11.5 Å². The van der Waals surface area contributed by atoms with Crippen molar-refractivity contribution in [3.63, 3.8) is 0 Å². The van der Waals surface area contributed by atoms with Crippen molar-refractivity contribution in [2.75, 3.05) is 10.5 Å². The van der Waals surface area contributed by atoms with Gasteiger partial charge < -0.3 is 5.73 Å². The van der Waals surface area contributed by atoms with Crippen molar-refractivity contribution in [1.29, 1.82) is 0 Å². The van der Waals surface area contributed by atoms with Gasteiger partial charge in [-0.1, -0.05) is 18.2 Å². The van der Waals surface area contributed by atoms with E-state index in [1.54, 1.807) is 29.8 Å². The standard InChI is InChI=1S/C16H16N4O2S.Na/c1-12-11-16(20(18-12)14-5-3-2-4-6-14)19-23(21,22)15-9-7-13(17)8-10-15;/h2-11,19H,17H2,1H3;. The summed E-state index contributed by atoms with van der Waals surface area (Å²) in [7, 11) is -3.71. The number of nitrogens with one attached hydrogen (secondary N) is 1. The van der Waals surface area contributed by atoms with Crippen LogP contribution in [0.15, 0.2) is 65.6 Å². The van der Waals surface area contributed by atoms with Crippen LogP contribution < -0.4 is 10.5 Å². The monoisotopic (exact) mass is 351 g/mol. The molecule has 1 aromatic heterocycles. The van der Waals surface area contributed by atoms with Crippen molar-refractivity contribution in [3.8, 4) is 5.69 Å². The normalized spacial score (nSPS) is 10.9. The molecular weight excluding hydrogens is 335 g/mol. The second-order valence-corrected chi connectivity index (χ2v) is 6.78. The molecule has 0 unspecified atom stereocenters. The summed E-state index contributed by atoms with van der Waals surface area (Å²) in [5.74, 6) is 0.380. The summed E-state index contributed by atoms with van der Waals surface area (Å²) in [4.78, 5) is 0.144. The predicted octanol–water partition coefficient (Wildman–Crippen LogP) is 2.18. The molecule has 3 aromatic rings. The van der Waals surface area contributed by atoms with E-state index in [0.717, 1.165) is 5.69 Å². The van der Waals surface area contributed by atoms with Crippen molar-refractivity contribution >= 4 is 51.1 Å². The summed E-state index contributed by atoms with van der Waals surface area (Å²) in [6.45, 7) is 1.81. The van der Waals surface area contributed by atoms with Crippen LogP contribution in [-0.4, -0.2) is 47.8 Å². The number of hydrogen-bond donors (Lipinski definition) is 2. The van der Waals surface area contributed by atoms with Crippen LogP contribution in [0.2, 0.25) is 0 Å². The second-order valence-electron chi connectivity index (χ2n) is 5.09. The molecule has 24 heavy (non-hydrogen) atoms. The number of anilines is 2. The number of nitrogens with zero attached hydrogens (tertiary/aromatic N) is 2. The van der Waals surface area contributed by atoms with Gasteiger partial charge in [0.15, 0.2) is 0 Å². The number of nitrogen functional groups attached to an aromatic ring is 1. The Kier molecular flexibility index (Phi) is 5.71. The second kappa shape index (κ2) is 7.40. The van der Waals surface area contributed by atoms with E-state index in [1.165, 1.54) is 12.1 Å². The molecule has 0 atom stereocenters. The summed E-state index contributed by atoms with van der Waals surface area (Å²) in [6, 6.07) is 17.0. The van der Waals surface area contributed by atoms with Crippen LogP contribution in [0.25, 0.3) is 5.69 Å². The number of aromatic nitrogens is 2. The van der Waals surface area contributed by atoms with Gasteiger partial charge in [0.1, 0.15) is 5.82 Å². The van der Waals surface area contributed by atoms with Gasteiger partial charge in [0, 0.05) is 41.3 Å². The molecule has 0 saturated heterocycles. The third kappa shape index (κ3) is 3.99. The van der Waals surface area contributed by atoms with Crippen LogP contribution >= 0.6 is 0 Å². The SMILES string of the molecule is Cc1cc(NS(=O)(=O)c2ccc(N)cc2)n(-c2ccccc2)n1.[Na]. The van der Waals surface area contributed by atoms with Crippen LogP contribution in [0, 0.1) is 6.92 Å². The van der Waals surface area contributed by atoms with Crippen LogP contribution in [0.3, 0.4) is 0 Å². The molecule has 1 radical (unpaired) electrons. The zero-order valence-electron chi connectivity index (χ0n) is 13.5. The average Bonchev–Trinajstić information content (AvgIpc) is 2.88. The number of sulfonamides is 1. The maximum Gasteiger partial charge on any atom is 0.263 e. The maximum atomic E-state index is 12.5. The Morgan fingerprint density at radius 1 is 1.04 bits per heavy atom. The first-order chi connectivity index (χ1) is 11.0. The number of nitrogens with two attached hydrogens (primary N) is 1. The molecule has 0 spiro atoms. The van der Waals surface area contributed by atoms with Crippen molar-refractivity contribution in [2.24, 2.45) is 0 Å². The number of rotatable bonds is 4. The topological polar surface area (TPSA) is 90.0 Å². The number of benzene rings is 2. The fourth-order valence-corrected chi connectivity index (χ4v) is 3.21. The molecule has 3 rings (SSSR count). The maximum absolute atomic E-state index is 12.5. The zero-order chi connectivity index (χ0) is 16.4. The van der Waals surface area contributed by atoms with E-state index in [4.69, 9.17) is 5.73 Å². The molecule has 119 valence electrons. The van der Waals surface area contributed by atoms with Crippen molar-refractivity contribution in [3.05, 3.63) is 66.4 Å². The molecular formula is C16H16N4NaO2S. The average molecular weight is 351 g/mol. The minimum Gasteiger partial charge on any atom is -0.399 e. The molecule has 0 bridgehead atoms. The third-order valence-electron chi connectivity index (χ3n) is 3.26. The van der Waals surface area contributed by atoms with Gasteiger partial charge in [-0.2, -0.15) is 5.10 Å². The largest absolute Gasteiger partial charge is 0.399 e. The molecule has 0 aliphatic carbocycles. The molecule has 0 aliphatic heterocycles. The van der Waals surface area contributed by atoms with Crippen molar-refractivity contribution in [1.82, 2.24) is 9.78 Å². The van der Waals surface area contributed by atoms with E-state index in [2.05, 4.69) is 9.82 Å². The van der Waals surface area contributed by atoms with Gasteiger partial charge in [-0.05, 0) is 43.3 Å². The molecule has 3 N–H and O–H groups in total. The molecule has 2 aromatic carbocycles. The molecule has 0 fully saturated rings. The van der Waals surface area contributed by atoms with Gasteiger partial charge in [-0.3, -0.25) is 4.72 Å².